The van der Waals surface area contributed by atoms with Crippen LogP contribution in [0.5, 0.6) is 0 Å². The number of nitrogens with one attached hydrogen (secondary N) is 2. The van der Waals surface area contributed by atoms with Crippen molar-refractivity contribution in [3.8, 4) is 0 Å². The summed E-state index contributed by atoms with van der Waals surface area (Å²) >= 11 is 0. The molecule has 146 valence electrons. The molecule has 3 rings (SSSR count). The molecular weight excluding hydrogens is 351 g/mol. The Morgan fingerprint density at radius 2 is 2.22 bits per heavy atom. The second-order valence-corrected chi connectivity index (χ2v) is 7.05. The van der Waals surface area contributed by atoms with Crippen LogP contribution in [0.15, 0.2) is 17.1 Å². The van der Waals surface area contributed by atoms with Gasteiger partial charge in [-0.1, -0.05) is 26.7 Å². The number of aromatic carboxylic acids is 1. The average Bonchev–Trinajstić information content (AvgIpc) is 3.11. The molecular formula is C19H25FN4O3. The number of carboxylic acids is 1. The summed E-state index contributed by atoms with van der Waals surface area (Å²) in [5.41, 5.74) is -0.974. The molecule has 1 saturated heterocycles. The summed E-state index contributed by atoms with van der Waals surface area (Å²) in [4.78, 5) is 32.1. The molecule has 7 nitrogen and oxygen atoms in total. The Morgan fingerprint density at radius 1 is 1.48 bits per heavy atom. The molecule has 1 atom stereocenters. The molecule has 1 fully saturated rings. The van der Waals surface area contributed by atoms with Crippen LogP contribution in [0.25, 0.3) is 11.0 Å². The third-order valence-corrected chi connectivity index (χ3v) is 5.37. The molecule has 0 saturated carbocycles. The molecule has 2 aromatic rings. The largest absolute Gasteiger partial charge is 0.477 e. The molecule has 0 amide bonds. The molecule has 8 heteroatoms. The van der Waals surface area contributed by atoms with Crippen LogP contribution in [0.3, 0.4) is 0 Å². The predicted octanol–water partition coefficient (Wildman–Crippen LogP) is 2.36. The molecule has 0 spiro atoms. The van der Waals surface area contributed by atoms with E-state index < -0.39 is 22.8 Å². The van der Waals surface area contributed by atoms with E-state index in [4.69, 9.17) is 5.11 Å². The Bertz CT molecular complexity index is 894. The fraction of sp³-hybridized carbons (Fsp3) is 0.526. The molecule has 1 aliphatic heterocycles. The fourth-order valence-electron chi connectivity index (χ4n) is 3.52. The molecule has 1 aliphatic rings. The zero-order valence-corrected chi connectivity index (χ0v) is 15.6. The Labute approximate surface area is 156 Å². The standard InChI is InChI=1S/C19H25FN4O3/c1-3-11(4-2)8-21-12-5-6-24(10-12)18-15(20)7-13-16(25)14(19(26)27)9-22-17(13)23-18/h7,9,11-12,21H,3-6,8,10H2,1-2H3,(H,26,27)(H,22,23,25). The van der Waals surface area contributed by atoms with E-state index in [1.165, 1.54) is 0 Å². The van der Waals surface area contributed by atoms with Gasteiger partial charge in [-0.25, -0.2) is 14.2 Å². The van der Waals surface area contributed by atoms with Crippen LogP contribution in [-0.2, 0) is 0 Å². The van der Waals surface area contributed by atoms with Crippen molar-refractivity contribution in [1.82, 2.24) is 15.3 Å². The summed E-state index contributed by atoms with van der Waals surface area (Å²) in [5.74, 6) is -1.14. The Hall–Kier alpha value is -2.48. The highest BCUT2D eigenvalue weighted by Crippen LogP contribution is 2.24. The number of aromatic amines is 1. The van der Waals surface area contributed by atoms with Gasteiger partial charge < -0.3 is 20.3 Å². The van der Waals surface area contributed by atoms with Gasteiger partial charge in [-0.2, -0.15) is 0 Å². The zero-order valence-electron chi connectivity index (χ0n) is 15.6. The highest BCUT2D eigenvalue weighted by molar-refractivity contribution is 5.91. The first kappa shape index (κ1) is 19.3. The van der Waals surface area contributed by atoms with E-state index in [9.17, 15) is 14.0 Å². The molecule has 1 unspecified atom stereocenters. The number of halogens is 1. The van der Waals surface area contributed by atoms with Crippen LogP contribution in [-0.4, -0.2) is 46.7 Å². The predicted molar refractivity (Wildman–Crippen MR) is 102 cm³/mol. The van der Waals surface area contributed by atoms with Crippen LogP contribution in [0.4, 0.5) is 10.2 Å². The summed E-state index contributed by atoms with van der Waals surface area (Å²) in [7, 11) is 0. The number of anilines is 1. The summed E-state index contributed by atoms with van der Waals surface area (Å²) in [6.45, 7) is 6.63. The molecule has 0 aromatic carbocycles. The Kier molecular flexibility index (Phi) is 5.74. The van der Waals surface area contributed by atoms with E-state index >= 15 is 0 Å². The maximum absolute atomic E-state index is 14.6. The number of carbonyl (C=O) groups is 1. The van der Waals surface area contributed by atoms with Crippen LogP contribution in [0.1, 0.15) is 43.5 Å². The van der Waals surface area contributed by atoms with Crippen molar-refractivity contribution in [3.05, 3.63) is 33.9 Å². The fourth-order valence-corrected chi connectivity index (χ4v) is 3.52. The van der Waals surface area contributed by atoms with Crippen molar-refractivity contribution in [1.29, 1.82) is 0 Å². The number of hydrogen-bond donors (Lipinski definition) is 3. The number of H-pyrrole nitrogens is 1. The van der Waals surface area contributed by atoms with Crippen molar-refractivity contribution in [2.24, 2.45) is 5.92 Å². The first-order valence-electron chi connectivity index (χ1n) is 9.38. The molecule has 3 N–H and O–H groups in total. The number of aromatic nitrogens is 2. The van der Waals surface area contributed by atoms with Crippen LogP contribution in [0, 0.1) is 11.7 Å². The lowest BCUT2D eigenvalue weighted by Crippen LogP contribution is -2.36. The number of carboxylic acid groups (broad SMARTS) is 1. The quantitative estimate of drug-likeness (QED) is 0.686. The van der Waals surface area contributed by atoms with Gasteiger partial charge in [0.2, 0.25) is 5.43 Å². The average molecular weight is 376 g/mol. The maximum atomic E-state index is 14.6. The smallest absolute Gasteiger partial charge is 0.341 e. The molecule has 27 heavy (non-hydrogen) atoms. The minimum Gasteiger partial charge on any atom is -0.477 e. The number of hydrogen-bond acceptors (Lipinski definition) is 5. The molecule has 0 bridgehead atoms. The second-order valence-electron chi connectivity index (χ2n) is 7.05. The van der Waals surface area contributed by atoms with E-state index in [2.05, 4.69) is 29.1 Å². The minimum atomic E-state index is -1.35. The summed E-state index contributed by atoms with van der Waals surface area (Å²) in [6.07, 6.45) is 4.26. The lowest BCUT2D eigenvalue weighted by molar-refractivity contribution is 0.0695. The third kappa shape index (κ3) is 3.95. The lowest BCUT2D eigenvalue weighted by atomic mass is 10.0. The first-order valence-corrected chi connectivity index (χ1v) is 9.38. The number of fused-ring (bicyclic) bond motifs is 1. The van der Waals surface area contributed by atoms with Crippen molar-refractivity contribution in [2.45, 2.75) is 39.2 Å². The summed E-state index contributed by atoms with van der Waals surface area (Å²) < 4.78 is 14.6. The van der Waals surface area contributed by atoms with Gasteiger partial charge in [0, 0.05) is 25.3 Å². The first-order chi connectivity index (χ1) is 12.9. The summed E-state index contributed by atoms with van der Waals surface area (Å²) in [5, 5.41) is 12.5. The van der Waals surface area contributed by atoms with E-state index in [0.717, 1.165) is 38.1 Å². The van der Waals surface area contributed by atoms with E-state index in [0.29, 0.717) is 19.0 Å². The topological polar surface area (TPSA) is 98.3 Å². The molecule has 2 aromatic heterocycles. The van der Waals surface area contributed by atoms with Gasteiger partial charge in [0.1, 0.15) is 11.2 Å². The van der Waals surface area contributed by atoms with Gasteiger partial charge in [0.15, 0.2) is 11.6 Å². The van der Waals surface area contributed by atoms with Crippen LogP contribution >= 0.6 is 0 Å². The number of pyridine rings is 2. The van der Waals surface area contributed by atoms with Gasteiger partial charge in [-0.05, 0) is 24.9 Å². The number of nitrogens with zero attached hydrogens (tertiary/aromatic N) is 2. The van der Waals surface area contributed by atoms with Crippen molar-refractivity contribution >= 4 is 22.8 Å². The molecule has 0 radical (unpaired) electrons. The SMILES string of the molecule is CCC(CC)CNC1CCN(c2nc3[nH]cc(C(=O)O)c(=O)c3cc2F)C1. The monoisotopic (exact) mass is 376 g/mol. The highest BCUT2D eigenvalue weighted by atomic mass is 19.1. The van der Waals surface area contributed by atoms with Crippen LogP contribution in [0.2, 0.25) is 0 Å². The minimum absolute atomic E-state index is 0.0567. The van der Waals surface area contributed by atoms with Gasteiger partial charge in [-0.15, -0.1) is 0 Å². The van der Waals surface area contributed by atoms with E-state index in [-0.39, 0.29) is 22.9 Å². The van der Waals surface area contributed by atoms with Gasteiger partial charge in [0.05, 0.1) is 5.39 Å². The van der Waals surface area contributed by atoms with Gasteiger partial charge in [0.25, 0.3) is 0 Å². The zero-order chi connectivity index (χ0) is 19.6. The third-order valence-electron chi connectivity index (χ3n) is 5.37. The van der Waals surface area contributed by atoms with Gasteiger partial charge >= 0.3 is 5.97 Å². The number of rotatable bonds is 7. The Balaban J connectivity index is 1.79. The van der Waals surface area contributed by atoms with Crippen molar-refractivity contribution < 1.29 is 14.3 Å². The van der Waals surface area contributed by atoms with Gasteiger partial charge in [-0.3, -0.25) is 4.79 Å². The van der Waals surface area contributed by atoms with Crippen LogP contribution < -0.4 is 15.6 Å². The molecule has 0 aliphatic carbocycles. The molecule has 3 heterocycles. The second kappa shape index (κ2) is 8.04. The maximum Gasteiger partial charge on any atom is 0.341 e. The Morgan fingerprint density at radius 3 is 2.89 bits per heavy atom. The lowest BCUT2D eigenvalue weighted by Gasteiger charge is -2.20. The van der Waals surface area contributed by atoms with Crippen molar-refractivity contribution in [2.75, 3.05) is 24.5 Å². The summed E-state index contributed by atoms with van der Waals surface area (Å²) in [6, 6.07) is 1.35. The normalized spacial score (nSPS) is 17.2. The van der Waals surface area contributed by atoms with Crippen molar-refractivity contribution in [3.63, 3.8) is 0 Å². The highest BCUT2D eigenvalue weighted by Gasteiger charge is 2.26. The van der Waals surface area contributed by atoms with E-state index in [1.54, 1.807) is 0 Å². The van der Waals surface area contributed by atoms with E-state index in [1.807, 2.05) is 4.90 Å².